The van der Waals surface area contributed by atoms with E-state index >= 15 is 0 Å². The van der Waals surface area contributed by atoms with E-state index < -0.39 is 0 Å². The summed E-state index contributed by atoms with van der Waals surface area (Å²) < 4.78 is 0.795. The lowest BCUT2D eigenvalue weighted by molar-refractivity contribution is -0.119. The van der Waals surface area contributed by atoms with Crippen molar-refractivity contribution >= 4 is 67.4 Å². The molecule has 31 heavy (non-hydrogen) atoms. The molecular formula is C19H16ClN7O2S2. The predicted molar refractivity (Wildman–Crippen MR) is 123 cm³/mol. The summed E-state index contributed by atoms with van der Waals surface area (Å²) in [6.45, 7) is 0.221. The fraction of sp³-hybridized carbons (Fsp3) is 0.105. The summed E-state index contributed by atoms with van der Waals surface area (Å²) in [6, 6.07) is 8.84. The Hall–Kier alpha value is -3.12. The number of benzene rings is 1. The number of hydrogen-bond acceptors (Lipinski definition) is 9. The van der Waals surface area contributed by atoms with Crippen molar-refractivity contribution in [1.82, 2.24) is 20.3 Å². The van der Waals surface area contributed by atoms with Crippen LogP contribution in [0.25, 0.3) is 20.8 Å². The average Bonchev–Trinajstić information content (AvgIpc) is 3.39. The van der Waals surface area contributed by atoms with Crippen molar-refractivity contribution in [2.75, 3.05) is 17.6 Å². The van der Waals surface area contributed by atoms with Gasteiger partial charge >= 0.3 is 0 Å². The van der Waals surface area contributed by atoms with Crippen LogP contribution in [0.4, 0.5) is 11.1 Å². The maximum absolute atomic E-state index is 12.7. The minimum absolute atomic E-state index is 0.0816. The number of nitrogens with zero attached hydrogens (tertiary/aromatic N) is 3. The quantitative estimate of drug-likeness (QED) is 0.336. The molecule has 3 aromatic heterocycles. The van der Waals surface area contributed by atoms with Gasteiger partial charge in [0.05, 0.1) is 31.7 Å². The monoisotopic (exact) mass is 473 g/mol. The fourth-order valence-corrected chi connectivity index (χ4v) is 4.90. The Labute approximate surface area is 189 Å². The molecule has 0 aliphatic heterocycles. The summed E-state index contributed by atoms with van der Waals surface area (Å²) in [5, 5.41) is 6.36. The summed E-state index contributed by atoms with van der Waals surface area (Å²) in [4.78, 5) is 37.8. The maximum Gasteiger partial charge on any atom is 0.267 e. The molecule has 0 bridgehead atoms. The maximum atomic E-state index is 12.7. The molecular weight excluding hydrogens is 458 g/mol. The molecule has 0 aliphatic rings. The number of nitrogen functional groups attached to an aromatic ring is 1. The molecule has 0 saturated heterocycles. The van der Waals surface area contributed by atoms with Crippen LogP contribution in [0, 0.1) is 0 Å². The number of carbonyl (C=O) groups excluding carboxylic acids is 2. The van der Waals surface area contributed by atoms with Crippen LogP contribution in [-0.2, 0) is 11.3 Å². The molecule has 6 N–H and O–H groups in total. The lowest BCUT2D eigenvalue weighted by Crippen LogP contribution is -2.29. The molecule has 0 atom stereocenters. The van der Waals surface area contributed by atoms with Gasteiger partial charge in [0.1, 0.15) is 5.52 Å². The molecule has 2 amide bonds. The summed E-state index contributed by atoms with van der Waals surface area (Å²) >= 11 is 8.92. The second-order valence-corrected chi connectivity index (χ2v) is 8.86. The molecule has 9 nitrogen and oxygen atoms in total. The highest BCUT2D eigenvalue weighted by atomic mass is 35.5. The van der Waals surface area contributed by atoms with Gasteiger partial charge in [0.25, 0.3) is 5.91 Å². The third-order valence-corrected chi connectivity index (χ3v) is 6.47. The highest BCUT2D eigenvalue weighted by Crippen LogP contribution is 2.33. The van der Waals surface area contributed by atoms with Crippen LogP contribution in [0.3, 0.4) is 0 Å². The first-order valence-electron chi connectivity index (χ1n) is 8.98. The van der Waals surface area contributed by atoms with E-state index in [0.717, 1.165) is 15.1 Å². The lowest BCUT2D eigenvalue weighted by atomic mass is 10.2. The second kappa shape index (κ2) is 8.94. The highest BCUT2D eigenvalue weighted by molar-refractivity contribution is 7.22. The van der Waals surface area contributed by atoms with Gasteiger partial charge in [-0.15, -0.1) is 11.3 Å². The van der Waals surface area contributed by atoms with E-state index in [0.29, 0.717) is 32.8 Å². The Morgan fingerprint density at radius 1 is 1.13 bits per heavy atom. The Morgan fingerprint density at radius 3 is 2.74 bits per heavy atom. The molecule has 0 spiro atoms. The van der Waals surface area contributed by atoms with E-state index in [2.05, 4.69) is 25.6 Å². The number of thiazole rings is 1. The average molecular weight is 474 g/mol. The van der Waals surface area contributed by atoms with Crippen molar-refractivity contribution in [3.8, 4) is 10.6 Å². The van der Waals surface area contributed by atoms with Gasteiger partial charge in [0, 0.05) is 12.7 Å². The van der Waals surface area contributed by atoms with E-state index in [9.17, 15) is 9.59 Å². The van der Waals surface area contributed by atoms with Crippen molar-refractivity contribution < 1.29 is 9.59 Å². The largest absolute Gasteiger partial charge is 0.368 e. The zero-order chi connectivity index (χ0) is 22.0. The topological polar surface area (TPSA) is 149 Å². The van der Waals surface area contributed by atoms with Crippen LogP contribution in [0.15, 0.2) is 36.5 Å². The SMILES string of the molecule is NCC(=O)NCc1cc(Cl)c2nc(NC(=O)c3ccc(-c4ccnc(N)n4)s3)sc2c1. The van der Waals surface area contributed by atoms with Crippen molar-refractivity contribution in [2.24, 2.45) is 5.73 Å². The van der Waals surface area contributed by atoms with Crippen molar-refractivity contribution in [3.05, 3.63) is 52.0 Å². The Bertz CT molecular complexity index is 1290. The third kappa shape index (κ3) is 4.80. The Balaban J connectivity index is 1.51. The molecule has 3 heterocycles. The molecule has 4 rings (SSSR count). The normalized spacial score (nSPS) is 10.9. The zero-order valence-electron chi connectivity index (χ0n) is 15.9. The highest BCUT2D eigenvalue weighted by Gasteiger charge is 2.15. The number of aromatic nitrogens is 3. The molecule has 4 aromatic rings. The molecule has 158 valence electrons. The minimum atomic E-state index is -0.288. The first-order chi connectivity index (χ1) is 14.9. The van der Waals surface area contributed by atoms with Gasteiger partial charge in [-0.1, -0.05) is 22.9 Å². The number of fused-ring (bicyclic) bond motifs is 1. The summed E-state index contributed by atoms with van der Waals surface area (Å²) in [5.74, 6) is -0.373. The van der Waals surface area contributed by atoms with Gasteiger partial charge in [-0.05, 0) is 35.9 Å². The van der Waals surface area contributed by atoms with Crippen molar-refractivity contribution in [2.45, 2.75) is 6.54 Å². The molecule has 0 radical (unpaired) electrons. The van der Waals surface area contributed by atoms with Crippen LogP contribution in [0.2, 0.25) is 5.02 Å². The fourth-order valence-electron chi connectivity index (χ4n) is 2.74. The lowest BCUT2D eigenvalue weighted by Gasteiger charge is -2.04. The van der Waals surface area contributed by atoms with Crippen LogP contribution in [0.1, 0.15) is 15.2 Å². The standard InChI is InChI=1S/C19H16ClN7O2S2/c20-10-5-9(8-24-15(28)7-21)6-14-16(10)26-19(31-14)27-17(29)13-2-1-12(30-13)11-3-4-23-18(22)25-11/h1-6H,7-8,21H2,(H,24,28)(H2,22,23,25)(H,26,27,29). The zero-order valence-corrected chi connectivity index (χ0v) is 18.3. The molecule has 0 aliphatic carbocycles. The number of nitrogens with two attached hydrogens (primary N) is 2. The van der Waals surface area contributed by atoms with Crippen LogP contribution in [-0.4, -0.2) is 33.3 Å². The van der Waals surface area contributed by atoms with E-state index in [4.69, 9.17) is 23.1 Å². The van der Waals surface area contributed by atoms with Crippen LogP contribution in [0.5, 0.6) is 0 Å². The number of nitrogens with one attached hydrogen (secondary N) is 2. The minimum Gasteiger partial charge on any atom is -0.368 e. The molecule has 0 unspecified atom stereocenters. The van der Waals surface area contributed by atoms with Crippen molar-refractivity contribution in [1.29, 1.82) is 0 Å². The summed E-state index contributed by atoms with van der Waals surface area (Å²) in [6.07, 6.45) is 1.57. The van der Waals surface area contributed by atoms with Crippen LogP contribution < -0.4 is 22.1 Å². The molecule has 12 heteroatoms. The number of hydrogen-bond donors (Lipinski definition) is 4. The number of amides is 2. The number of anilines is 2. The predicted octanol–water partition coefficient (Wildman–Crippen LogP) is 2.88. The number of rotatable bonds is 6. The Morgan fingerprint density at radius 2 is 1.97 bits per heavy atom. The summed E-state index contributed by atoms with van der Waals surface area (Å²) in [5.41, 5.74) is 13.0. The van der Waals surface area contributed by atoms with Gasteiger partial charge in [-0.3, -0.25) is 14.9 Å². The smallest absolute Gasteiger partial charge is 0.267 e. The van der Waals surface area contributed by atoms with Gasteiger partial charge in [0.15, 0.2) is 5.13 Å². The Kier molecular flexibility index (Phi) is 6.09. The second-order valence-electron chi connectivity index (χ2n) is 6.34. The van der Waals surface area contributed by atoms with E-state index in [1.54, 1.807) is 30.5 Å². The van der Waals surface area contributed by atoms with Gasteiger partial charge < -0.3 is 16.8 Å². The van der Waals surface area contributed by atoms with Crippen LogP contribution >= 0.6 is 34.3 Å². The van der Waals surface area contributed by atoms with Crippen molar-refractivity contribution in [3.63, 3.8) is 0 Å². The number of carbonyl (C=O) groups is 2. The number of thiophene rings is 1. The van der Waals surface area contributed by atoms with E-state index in [1.807, 2.05) is 6.07 Å². The molecule has 0 fully saturated rings. The molecule has 0 saturated carbocycles. The van der Waals surface area contributed by atoms with E-state index in [1.165, 1.54) is 22.7 Å². The van der Waals surface area contributed by atoms with Gasteiger partial charge in [-0.25, -0.2) is 15.0 Å². The van der Waals surface area contributed by atoms with Gasteiger partial charge in [0.2, 0.25) is 11.9 Å². The summed E-state index contributed by atoms with van der Waals surface area (Å²) in [7, 11) is 0. The first kappa shape index (κ1) is 21.1. The molecule has 1 aromatic carbocycles. The number of halogens is 1. The van der Waals surface area contributed by atoms with E-state index in [-0.39, 0.29) is 24.3 Å². The van der Waals surface area contributed by atoms with Gasteiger partial charge in [-0.2, -0.15) is 0 Å². The third-order valence-electron chi connectivity index (χ3n) is 4.16. The first-order valence-corrected chi connectivity index (χ1v) is 11.0.